The summed E-state index contributed by atoms with van der Waals surface area (Å²) in [6, 6.07) is 1.92. The highest BCUT2D eigenvalue weighted by molar-refractivity contribution is 6.30. The van der Waals surface area contributed by atoms with Gasteiger partial charge in [0.25, 0.3) is 0 Å². The van der Waals surface area contributed by atoms with E-state index in [1.807, 2.05) is 18.5 Å². The van der Waals surface area contributed by atoms with Crippen molar-refractivity contribution in [1.29, 1.82) is 0 Å². The molecule has 2 aliphatic heterocycles. The van der Waals surface area contributed by atoms with Crippen molar-refractivity contribution < 1.29 is 9.53 Å². The molecule has 0 radical (unpaired) electrons. The molecule has 4 rings (SSSR count). The number of halogens is 1. The molecular formula is C18H21ClN4O2. The molecular weight excluding hydrogens is 340 g/mol. The molecule has 0 bridgehead atoms. The third-order valence-electron chi connectivity index (χ3n) is 5.40. The van der Waals surface area contributed by atoms with Gasteiger partial charge < -0.3 is 14.5 Å². The molecule has 25 heavy (non-hydrogen) atoms. The van der Waals surface area contributed by atoms with E-state index in [1.165, 1.54) is 12.7 Å². The molecule has 1 amide bonds. The second-order valence-corrected chi connectivity index (χ2v) is 7.58. The van der Waals surface area contributed by atoms with Gasteiger partial charge in [0, 0.05) is 37.4 Å². The Labute approximate surface area is 151 Å². The zero-order valence-electron chi connectivity index (χ0n) is 14.6. The van der Waals surface area contributed by atoms with E-state index in [0.29, 0.717) is 24.2 Å². The summed E-state index contributed by atoms with van der Waals surface area (Å²) in [6.45, 7) is 6.58. The van der Waals surface area contributed by atoms with Crippen LogP contribution in [0.15, 0.2) is 18.5 Å². The highest BCUT2D eigenvalue weighted by atomic mass is 35.5. The molecule has 6 nitrogen and oxygen atoms in total. The van der Waals surface area contributed by atoms with Crippen molar-refractivity contribution in [3.05, 3.63) is 29.2 Å². The van der Waals surface area contributed by atoms with Crippen LogP contribution in [0.5, 0.6) is 0 Å². The van der Waals surface area contributed by atoms with Crippen molar-refractivity contribution in [1.82, 2.24) is 14.9 Å². The van der Waals surface area contributed by atoms with Crippen LogP contribution in [0.3, 0.4) is 0 Å². The van der Waals surface area contributed by atoms with Crippen LogP contribution in [0.2, 0.25) is 5.15 Å². The number of anilines is 1. The predicted octanol–water partition coefficient (Wildman–Crippen LogP) is 3.44. The van der Waals surface area contributed by atoms with Gasteiger partial charge in [-0.15, -0.1) is 0 Å². The lowest BCUT2D eigenvalue weighted by Gasteiger charge is -2.62. The number of likely N-dealkylation sites (tertiary alicyclic amines) is 1. The third-order valence-corrected chi connectivity index (χ3v) is 5.61. The van der Waals surface area contributed by atoms with Crippen molar-refractivity contribution in [2.75, 3.05) is 31.6 Å². The summed E-state index contributed by atoms with van der Waals surface area (Å²) in [5, 5.41) is 2.61. The van der Waals surface area contributed by atoms with Crippen LogP contribution < -0.4 is 4.90 Å². The molecule has 1 spiro atoms. The molecule has 0 atom stereocenters. The smallest absolute Gasteiger partial charge is 0.409 e. The highest BCUT2D eigenvalue weighted by Crippen LogP contribution is 2.44. The van der Waals surface area contributed by atoms with E-state index in [-0.39, 0.29) is 11.6 Å². The first-order valence-electron chi connectivity index (χ1n) is 8.50. The van der Waals surface area contributed by atoms with Gasteiger partial charge in [0.15, 0.2) is 0 Å². The Kier molecular flexibility index (Phi) is 3.76. The Morgan fingerprint density at radius 3 is 2.64 bits per heavy atom. The Morgan fingerprint density at radius 1 is 1.28 bits per heavy atom. The molecule has 2 aromatic rings. The van der Waals surface area contributed by atoms with Crippen molar-refractivity contribution in [3.63, 3.8) is 0 Å². The number of pyridine rings is 2. The molecule has 2 fully saturated rings. The zero-order valence-corrected chi connectivity index (χ0v) is 15.4. The number of carbonyl (C=O) groups excluding carboxylic acids is 1. The number of amides is 1. The van der Waals surface area contributed by atoms with E-state index in [4.69, 9.17) is 21.3 Å². The van der Waals surface area contributed by atoms with E-state index in [9.17, 15) is 4.79 Å². The molecule has 0 aromatic carbocycles. The molecule has 0 unspecified atom stereocenters. The SMILES string of the molecule is COC(=O)N1CC2(CCN2c2ncc(C(C)C)c3cc(Cl)ncc23)C1. The molecule has 0 aliphatic carbocycles. The number of rotatable bonds is 2. The molecule has 2 aliphatic rings. The fraction of sp³-hybridized carbons (Fsp3) is 0.500. The summed E-state index contributed by atoms with van der Waals surface area (Å²) in [5.74, 6) is 1.28. The largest absolute Gasteiger partial charge is 0.453 e. The minimum atomic E-state index is -0.265. The molecule has 2 aromatic heterocycles. The van der Waals surface area contributed by atoms with E-state index in [1.54, 1.807) is 4.90 Å². The average molecular weight is 361 g/mol. The van der Waals surface area contributed by atoms with Gasteiger partial charge in [-0.2, -0.15) is 0 Å². The number of methoxy groups -OCH3 is 1. The summed E-state index contributed by atoms with van der Waals surface area (Å²) in [5.41, 5.74) is 1.15. The maximum atomic E-state index is 11.7. The first-order valence-corrected chi connectivity index (χ1v) is 8.88. The Hall–Kier alpha value is -2.08. The topological polar surface area (TPSA) is 58.6 Å². The first kappa shape index (κ1) is 16.4. The van der Waals surface area contributed by atoms with Crippen LogP contribution in [-0.4, -0.2) is 53.2 Å². The zero-order chi connectivity index (χ0) is 17.8. The van der Waals surface area contributed by atoms with Gasteiger partial charge in [-0.05, 0) is 29.4 Å². The van der Waals surface area contributed by atoms with Crippen molar-refractivity contribution in [2.45, 2.75) is 31.7 Å². The molecule has 7 heteroatoms. The van der Waals surface area contributed by atoms with Gasteiger partial charge in [-0.1, -0.05) is 25.4 Å². The lowest BCUT2D eigenvalue weighted by Crippen LogP contribution is -2.78. The molecule has 0 N–H and O–H groups in total. The maximum Gasteiger partial charge on any atom is 0.409 e. The Morgan fingerprint density at radius 2 is 2.04 bits per heavy atom. The minimum absolute atomic E-state index is 0.0207. The van der Waals surface area contributed by atoms with Gasteiger partial charge >= 0.3 is 6.09 Å². The van der Waals surface area contributed by atoms with Gasteiger partial charge in [-0.3, -0.25) is 0 Å². The van der Waals surface area contributed by atoms with Crippen LogP contribution in [0.4, 0.5) is 10.6 Å². The number of fused-ring (bicyclic) bond motifs is 1. The van der Waals surface area contributed by atoms with Gasteiger partial charge in [0.05, 0.1) is 12.6 Å². The van der Waals surface area contributed by atoms with Crippen molar-refractivity contribution >= 4 is 34.3 Å². The van der Waals surface area contributed by atoms with Crippen LogP contribution in [0.1, 0.15) is 31.7 Å². The number of ether oxygens (including phenoxy) is 1. The van der Waals surface area contributed by atoms with Crippen LogP contribution in [-0.2, 0) is 4.74 Å². The van der Waals surface area contributed by atoms with Crippen molar-refractivity contribution in [3.8, 4) is 0 Å². The number of nitrogens with zero attached hydrogens (tertiary/aromatic N) is 4. The number of carbonyl (C=O) groups is 1. The lowest BCUT2D eigenvalue weighted by atomic mass is 9.77. The standard InChI is InChI=1S/C18H21ClN4O2/c1-11(2)13-7-21-16(14-8-20-15(19)6-12(13)14)23-5-4-18(23)9-22(10-18)17(24)25-3/h6-8,11H,4-5,9-10H2,1-3H3. The number of hydrogen-bond donors (Lipinski definition) is 0. The molecule has 0 saturated carbocycles. The Balaban J connectivity index is 1.71. The number of aromatic nitrogens is 2. The van der Waals surface area contributed by atoms with E-state index in [0.717, 1.165) is 29.6 Å². The number of hydrogen-bond acceptors (Lipinski definition) is 5. The monoisotopic (exact) mass is 360 g/mol. The summed E-state index contributed by atoms with van der Waals surface area (Å²) >= 11 is 6.14. The molecule has 2 saturated heterocycles. The van der Waals surface area contributed by atoms with E-state index >= 15 is 0 Å². The van der Waals surface area contributed by atoms with E-state index in [2.05, 4.69) is 23.7 Å². The normalized spacial score (nSPS) is 18.4. The van der Waals surface area contributed by atoms with Crippen molar-refractivity contribution in [2.24, 2.45) is 0 Å². The summed E-state index contributed by atoms with van der Waals surface area (Å²) in [7, 11) is 1.42. The predicted molar refractivity (Wildman–Crippen MR) is 97.3 cm³/mol. The van der Waals surface area contributed by atoms with Crippen LogP contribution in [0.25, 0.3) is 10.8 Å². The fourth-order valence-corrected chi connectivity index (χ4v) is 4.07. The molecule has 132 valence electrons. The minimum Gasteiger partial charge on any atom is -0.453 e. The fourth-order valence-electron chi connectivity index (χ4n) is 3.91. The Bertz CT molecular complexity index is 848. The quantitative estimate of drug-likeness (QED) is 0.768. The van der Waals surface area contributed by atoms with Gasteiger partial charge in [-0.25, -0.2) is 14.8 Å². The third kappa shape index (κ3) is 2.42. The van der Waals surface area contributed by atoms with Crippen LogP contribution in [0, 0.1) is 0 Å². The van der Waals surface area contributed by atoms with Gasteiger partial charge in [0.2, 0.25) is 0 Å². The second-order valence-electron chi connectivity index (χ2n) is 7.20. The second kappa shape index (κ2) is 5.73. The summed E-state index contributed by atoms with van der Waals surface area (Å²) < 4.78 is 4.81. The first-order chi connectivity index (χ1) is 11.9. The lowest BCUT2D eigenvalue weighted by molar-refractivity contribution is 0.0216. The van der Waals surface area contributed by atoms with Gasteiger partial charge in [0.1, 0.15) is 11.0 Å². The summed E-state index contributed by atoms with van der Waals surface area (Å²) in [4.78, 5) is 24.7. The highest BCUT2D eigenvalue weighted by Gasteiger charge is 2.56. The summed E-state index contributed by atoms with van der Waals surface area (Å²) in [6.07, 6.45) is 4.55. The average Bonchev–Trinajstić information content (AvgIpc) is 2.52. The molecule has 4 heterocycles. The van der Waals surface area contributed by atoms with Crippen LogP contribution >= 0.6 is 11.6 Å². The maximum absolute atomic E-state index is 11.7. The van der Waals surface area contributed by atoms with E-state index < -0.39 is 0 Å².